The summed E-state index contributed by atoms with van der Waals surface area (Å²) in [5.74, 6) is -1.15. The number of carbonyl (C=O) groups is 3. The van der Waals surface area contributed by atoms with Crippen molar-refractivity contribution in [3.8, 4) is 11.5 Å². The van der Waals surface area contributed by atoms with Gasteiger partial charge < -0.3 is 19.4 Å². The van der Waals surface area contributed by atoms with Gasteiger partial charge in [-0.25, -0.2) is 9.78 Å². The first-order valence-electron chi connectivity index (χ1n) is 10.3. The summed E-state index contributed by atoms with van der Waals surface area (Å²) in [5, 5.41) is 3.61. The van der Waals surface area contributed by atoms with Crippen LogP contribution in [0.3, 0.4) is 0 Å². The predicted octanol–water partition coefficient (Wildman–Crippen LogP) is 4.40. The van der Waals surface area contributed by atoms with Crippen LogP contribution >= 0.6 is 11.6 Å². The second-order valence-corrected chi connectivity index (χ2v) is 7.81. The molecule has 0 aliphatic rings. The van der Waals surface area contributed by atoms with Crippen LogP contribution in [0.5, 0.6) is 0 Å². The van der Waals surface area contributed by atoms with Crippen molar-refractivity contribution in [1.82, 2.24) is 9.88 Å². The van der Waals surface area contributed by atoms with Crippen LogP contribution in [0.2, 0.25) is 5.02 Å². The SMILES string of the molecule is CN(CC(=O)Nc1ccccc1Cl)C(=O)COC(=O)c1cc(-c2ccco2)nc2ccccc12. The Morgan fingerprint density at radius 2 is 1.82 bits per heavy atom. The molecule has 0 radical (unpaired) electrons. The van der Waals surface area contributed by atoms with Crippen LogP contribution < -0.4 is 5.32 Å². The van der Waals surface area contributed by atoms with Gasteiger partial charge in [-0.05, 0) is 36.4 Å². The van der Waals surface area contributed by atoms with Crippen molar-refractivity contribution in [2.24, 2.45) is 0 Å². The van der Waals surface area contributed by atoms with E-state index in [0.717, 1.165) is 0 Å². The molecule has 4 rings (SSSR count). The summed E-state index contributed by atoms with van der Waals surface area (Å²) in [6.07, 6.45) is 1.51. The number of carbonyl (C=O) groups excluding carboxylic acids is 3. The number of halogens is 1. The molecule has 8 nitrogen and oxygen atoms in total. The van der Waals surface area contributed by atoms with Gasteiger partial charge in [0.15, 0.2) is 12.4 Å². The second kappa shape index (κ2) is 10.2. The third-order valence-electron chi connectivity index (χ3n) is 4.99. The molecular formula is C25H20ClN3O5. The van der Waals surface area contributed by atoms with Crippen LogP contribution in [0.1, 0.15) is 10.4 Å². The first-order valence-corrected chi connectivity index (χ1v) is 10.7. The molecule has 172 valence electrons. The number of pyridine rings is 1. The Morgan fingerprint density at radius 3 is 2.59 bits per heavy atom. The normalized spacial score (nSPS) is 10.6. The Morgan fingerprint density at radius 1 is 1.06 bits per heavy atom. The van der Waals surface area contributed by atoms with E-state index in [-0.39, 0.29) is 12.1 Å². The highest BCUT2D eigenvalue weighted by atomic mass is 35.5. The van der Waals surface area contributed by atoms with Gasteiger partial charge in [0, 0.05) is 12.4 Å². The number of hydrogen-bond donors (Lipinski definition) is 1. The van der Waals surface area contributed by atoms with Crippen molar-refractivity contribution in [3.05, 3.63) is 83.6 Å². The summed E-state index contributed by atoms with van der Waals surface area (Å²) in [6.45, 7) is -0.760. The Kier molecular flexibility index (Phi) is 6.89. The topological polar surface area (TPSA) is 102 Å². The minimum absolute atomic E-state index is 0.234. The summed E-state index contributed by atoms with van der Waals surface area (Å²) in [4.78, 5) is 43.3. The van der Waals surface area contributed by atoms with Gasteiger partial charge in [0.05, 0.1) is 34.6 Å². The van der Waals surface area contributed by atoms with Crippen LogP contribution in [0.4, 0.5) is 5.69 Å². The fourth-order valence-corrected chi connectivity index (χ4v) is 3.45. The number of hydrogen-bond acceptors (Lipinski definition) is 6. The van der Waals surface area contributed by atoms with Crippen molar-refractivity contribution in [2.75, 3.05) is 25.5 Å². The number of ether oxygens (including phenoxy) is 1. The zero-order valence-corrected chi connectivity index (χ0v) is 18.9. The molecule has 0 aliphatic heterocycles. The van der Waals surface area contributed by atoms with E-state index in [4.69, 9.17) is 20.8 Å². The van der Waals surface area contributed by atoms with Gasteiger partial charge in [-0.3, -0.25) is 9.59 Å². The lowest BCUT2D eigenvalue weighted by Crippen LogP contribution is -2.37. The van der Waals surface area contributed by atoms with E-state index in [0.29, 0.717) is 33.1 Å². The Labute approximate surface area is 200 Å². The van der Waals surface area contributed by atoms with Crippen molar-refractivity contribution in [3.63, 3.8) is 0 Å². The number of furan rings is 1. The average molecular weight is 478 g/mol. The van der Waals surface area contributed by atoms with E-state index < -0.39 is 24.4 Å². The van der Waals surface area contributed by atoms with Gasteiger partial charge >= 0.3 is 5.97 Å². The van der Waals surface area contributed by atoms with Crippen LogP contribution in [0.25, 0.3) is 22.4 Å². The summed E-state index contributed by atoms with van der Waals surface area (Å²) in [6, 6.07) is 18.9. The number of para-hydroxylation sites is 2. The third-order valence-corrected chi connectivity index (χ3v) is 5.32. The number of amides is 2. The first-order chi connectivity index (χ1) is 16.4. The van der Waals surface area contributed by atoms with E-state index in [2.05, 4.69) is 10.3 Å². The molecule has 0 saturated carbocycles. The van der Waals surface area contributed by atoms with Crippen molar-refractivity contribution in [1.29, 1.82) is 0 Å². The molecule has 2 aromatic heterocycles. The smallest absolute Gasteiger partial charge is 0.339 e. The number of likely N-dealkylation sites (N-methyl/N-ethyl adjacent to an activating group) is 1. The van der Waals surface area contributed by atoms with E-state index in [9.17, 15) is 14.4 Å². The maximum atomic E-state index is 12.9. The highest BCUT2D eigenvalue weighted by Gasteiger charge is 2.19. The molecule has 2 amide bonds. The maximum Gasteiger partial charge on any atom is 0.339 e. The van der Waals surface area contributed by atoms with Crippen molar-refractivity contribution in [2.45, 2.75) is 0 Å². The van der Waals surface area contributed by atoms with Crippen molar-refractivity contribution >= 4 is 46.0 Å². The predicted molar refractivity (Wildman–Crippen MR) is 127 cm³/mol. The number of aromatic nitrogens is 1. The molecule has 2 aromatic carbocycles. The molecule has 2 heterocycles. The maximum absolute atomic E-state index is 12.9. The molecule has 0 fully saturated rings. The van der Waals surface area contributed by atoms with Crippen LogP contribution in [-0.4, -0.2) is 47.9 Å². The number of anilines is 1. The van der Waals surface area contributed by atoms with Gasteiger partial charge in [0.25, 0.3) is 5.91 Å². The highest BCUT2D eigenvalue weighted by molar-refractivity contribution is 6.33. The van der Waals surface area contributed by atoms with Gasteiger partial charge in [-0.15, -0.1) is 0 Å². The molecule has 4 aromatic rings. The van der Waals surface area contributed by atoms with E-state index in [1.165, 1.54) is 18.2 Å². The lowest BCUT2D eigenvalue weighted by molar-refractivity contribution is -0.136. The zero-order chi connectivity index (χ0) is 24.1. The second-order valence-electron chi connectivity index (χ2n) is 7.40. The van der Waals surface area contributed by atoms with Gasteiger partial charge in [0.2, 0.25) is 5.91 Å². The van der Waals surface area contributed by atoms with Gasteiger partial charge in [-0.2, -0.15) is 0 Å². The van der Waals surface area contributed by atoms with Gasteiger partial charge in [0.1, 0.15) is 5.69 Å². The minimum atomic E-state index is -0.686. The Bertz CT molecular complexity index is 1350. The lowest BCUT2D eigenvalue weighted by atomic mass is 10.1. The number of benzene rings is 2. The van der Waals surface area contributed by atoms with Crippen LogP contribution in [-0.2, 0) is 14.3 Å². The monoisotopic (exact) mass is 477 g/mol. The molecule has 0 spiro atoms. The Balaban J connectivity index is 1.41. The molecule has 0 saturated heterocycles. The van der Waals surface area contributed by atoms with Crippen LogP contribution in [0.15, 0.2) is 77.4 Å². The van der Waals surface area contributed by atoms with E-state index >= 15 is 0 Å². The molecular weight excluding hydrogens is 458 g/mol. The lowest BCUT2D eigenvalue weighted by Gasteiger charge is -2.17. The number of fused-ring (bicyclic) bond motifs is 1. The third kappa shape index (κ3) is 5.24. The number of nitrogens with one attached hydrogen (secondary N) is 1. The molecule has 0 aliphatic carbocycles. The zero-order valence-electron chi connectivity index (χ0n) is 18.2. The highest BCUT2D eigenvalue weighted by Crippen LogP contribution is 2.26. The quantitative estimate of drug-likeness (QED) is 0.396. The molecule has 0 unspecified atom stereocenters. The number of nitrogens with zero attached hydrogens (tertiary/aromatic N) is 2. The standard InChI is InChI=1S/C25H20ClN3O5/c1-29(14-23(30)28-20-10-5-3-8-18(20)26)24(31)15-34-25(32)17-13-21(22-11-6-12-33-22)27-19-9-4-2-7-16(17)19/h2-13H,14-15H2,1H3,(H,28,30). The summed E-state index contributed by atoms with van der Waals surface area (Å²) >= 11 is 6.03. The van der Waals surface area contributed by atoms with Gasteiger partial charge in [-0.1, -0.05) is 41.9 Å². The molecule has 9 heteroatoms. The largest absolute Gasteiger partial charge is 0.463 e. The average Bonchev–Trinajstić information content (AvgIpc) is 3.38. The number of esters is 1. The molecule has 0 atom stereocenters. The Hall–Kier alpha value is -4.17. The molecule has 1 N–H and O–H groups in total. The summed E-state index contributed by atoms with van der Waals surface area (Å²) < 4.78 is 10.7. The number of rotatable bonds is 7. The van der Waals surface area contributed by atoms with E-state index in [1.807, 2.05) is 6.07 Å². The van der Waals surface area contributed by atoms with Crippen LogP contribution in [0, 0.1) is 0 Å². The fraction of sp³-hybridized carbons (Fsp3) is 0.120. The summed E-state index contributed by atoms with van der Waals surface area (Å²) in [5.41, 5.74) is 1.75. The minimum Gasteiger partial charge on any atom is -0.463 e. The molecule has 34 heavy (non-hydrogen) atoms. The molecule has 0 bridgehead atoms. The summed E-state index contributed by atoms with van der Waals surface area (Å²) in [7, 11) is 1.44. The fourth-order valence-electron chi connectivity index (χ4n) is 3.27. The van der Waals surface area contributed by atoms with Crippen molar-refractivity contribution < 1.29 is 23.5 Å². The first kappa shape index (κ1) is 23.0. The van der Waals surface area contributed by atoms with E-state index in [1.54, 1.807) is 60.7 Å².